The number of hydrogen-bond acceptors (Lipinski definition) is 6. The van der Waals surface area contributed by atoms with E-state index in [1.54, 1.807) is 13.2 Å². The quantitative estimate of drug-likeness (QED) is 0.383. The first-order valence-corrected chi connectivity index (χ1v) is 11.8. The van der Waals surface area contributed by atoms with Crippen molar-refractivity contribution in [3.05, 3.63) is 57.8 Å². The molecule has 32 heavy (non-hydrogen) atoms. The molecule has 6 nitrogen and oxygen atoms in total. The highest BCUT2D eigenvalue weighted by molar-refractivity contribution is 7.12. The van der Waals surface area contributed by atoms with E-state index < -0.39 is 17.9 Å². The fourth-order valence-corrected chi connectivity index (χ4v) is 6.17. The van der Waals surface area contributed by atoms with Crippen LogP contribution in [0.15, 0.2) is 41.8 Å². The number of Topliss-reactive ketones (excluding diaryl/α,β-unsaturated/α-hetero) is 1. The first kappa shape index (κ1) is 21.1. The number of carbonyl (C=O) groups excluding carboxylic acids is 3. The molecule has 0 aliphatic carbocycles. The molecule has 0 spiro atoms. The number of likely N-dealkylation sites (tertiary alicyclic amines) is 1. The molecule has 0 saturated carbocycles. The van der Waals surface area contributed by atoms with Crippen molar-refractivity contribution in [1.82, 2.24) is 4.90 Å². The molecular formula is C25H26N2O4S. The van der Waals surface area contributed by atoms with Crippen LogP contribution in [-0.2, 0) is 14.3 Å². The maximum absolute atomic E-state index is 13.7. The number of carbonyl (C=O) groups is 3. The summed E-state index contributed by atoms with van der Waals surface area (Å²) >= 11 is 1.38. The molecule has 0 N–H and O–H groups in total. The number of amides is 2. The number of benzene rings is 1. The zero-order chi connectivity index (χ0) is 22.6. The maximum atomic E-state index is 13.7. The topological polar surface area (TPSA) is 66.9 Å². The van der Waals surface area contributed by atoms with Crippen molar-refractivity contribution in [2.45, 2.75) is 32.4 Å². The first-order valence-electron chi connectivity index (χ1n) is 10.9. The van der Waals surface area contributed by atoms with Crippen LogP contribution >= 0.6 is 11.3 Å². The Hall–Kier alpha value is -2.77. The summed E-state index contributed by atoms with van der Waals surface area (Å²) in [4.78, 5) is 44.8. The number of fused-ring (bicyclic) bond motifs is 5. The van der Waals surface area contributed by atoms with Crippen molar-refractivity contribution in [2.24, 2.45) is 11.8 Å². The Morgan fingerprint density at radius 1 is 1.12 bits per heavy atom. The summed E-state index contributed by atoms with van der Waals surface area (Å²) < 4.78 is 5.10. The number of rotatable bonds is 6. The Bertz CT molecular complexity index is 1120. The Kier molecular flexibility index (Phi) is 5.26. The normalized spacial score (nSPS) is 26.2. The van der Waals surface area contributed by atoms with Crippen molar-refractivity contribution in [3.63, 3.8) is 0 Å². The summed E-state index contributed by atoms with van der Waals surface area (Å²) in [6.45, 7) is 4.88. The highest BCUT2D eigenvalue weighted by atomic mass is 32.1. The molecule has 2 fully saturated rings. The van der Waals surface area contributed by atoms with Crippen molar-refractivity contribution in [3.8, 4) is 0 Å². The Balaban J connectivity index is 1.62. The SMILES string of the molecule is COCCCN1C(=O)[C@@H]2[C@H](C1=O)[C@H](C(=O)c1cccs1)N1c3ccc(C)cc3C(C)=C[C@@H]21. The number of hydrogen-bond donors (Lipinski definition) is 0. The summed E-state index contributed by atoms with van der Waals surface area (Å²) in [7, 11) is 1.60. The van der Waals surface area contributed by atoms with Crippen LogP contribution in [0.4, 0.5) is 5.69 Å². The van der Waals surface area contributed by atoms with Crippen LogP contribution in [0.1, 0.15) is 34.1 Å². The molecule has 3 aliphatic rings. The Morgan fingerprint density at radius 2 is 1.91 bits per heavy atom. The lowest BCUT2D eigenvalue weighted by molar-refractivity contribution is -0.140. The van der Waals surface area contributed by atoms with Crippen LogP contribution in [0.2, 0.25) is 0 Å². The molecule has 2 aromatic rings. The number of ether oxygens (including phenoxy) is 1. The van der Waals surface area contributed by atoms with Crippen LogP contribution in [-0.4, -0.2) is 54.8 Å². The molecule has 0 bridgehead atoms. The van der Waals surface area contributed by atoms with E-state index in [4.69, 9.17) is 4.74 Å². The summed E-state index contributed by atoms with van der Waals surface area (Å²) in [6.07, 6.45) is 2.66. The average molecular weight is 451 g/mol. The highest BCUT2D eigenvalue weighted by Crippen LogP contribution is 2.50. The number of ketones is 1. The predicted octanol–water partition coefficient (Wildman–Crippen LogP) is 3.55. The van der Waals surface area contributed by atoms with Gasteiger partial charge >= 0.3 is 0 Å². The third-order valence-corrected chi connectivity index (χ3v) is 7.74. The largest absolute Gasteiger partial charge is 0.385 e. The van der Waals surface area contributed by atoms with E-state index in [0.717, 1.165) is 22.4 Å². The first-order chi connectivity index (χ1) is 15.4. The van der Waals surface area contributed by atoms with Gasteiger partial charge in [0.1, 0.15) is 6.04 Å². The smallest absolute Gasteiger partial charge is 0.235 e. The van der Waals surface area contributed by atoms with Crippen molar-refractivity contribution >= 4 is 40.2 Å². The van der Waals surface area contributed by atoms with Gasteiger partial charge in [0.15, 0.2) is 5.78 Å². The molecule has 4 atom stereocenters. The standard InChI is InChI=1S/C25H26N2O4S/c1-14-7-8-17-16(12-14)15(2)13-18-20-21(25(30)26(24(20)29)9-5-10-31-3)22(27(17)18)23(28)19-6-4-11-32-19/h4,6-8,11-13,18,20-22H,5,9-10H2,1-3H3/t18-,20-,21-,22+/m0/s1. The minimum atomic E-state index is -0.696. The van der Waals surface area contributed by atoms with Crippen LogP contribution in [0.3, 0.4) is 0 Å². The van der Waals surface area contributed by atoms with Gasteiger partial charge in [0, 0.05) is 31.5 Å². The van der Waals surface area contributed by atoms with E-state index in [1.807, 2.05) is 42.3 Å². The van der Waals surface area contributed by atoms with Gasteiger partial charge in [-0.15, -0.1) is 11.3 Å². The molecule has 166 valence electrons. The van der Waals surface area contributed by atoms with Gasteiger partial charge in [-0.1, -0.05) is 23.8 Å². The van der Waals surface area contributed by atoms with Crippen LogP contribution in [0.5, 0.6) is 0 Å². The minimum absolute atomic E-state index is 0.0862. The van der Waals surface area contributed by atoms with E-state index in [-0.39, 0.29) is 23.6 Å². The van der Waals surface area contributed by atoms with Gasteiger partial charge in [-0.2, -0.15) is 0 Å². The molecule has 0 unspecified atom stereocenters. The summed E-state index contributed by atoms with van der Waals surface area (Å²) in [5.41, 5.74) is 4.19. The Morgan fingerprint density at radius 3 is 2.62 bits per heavy atom. The fourth-order valence-electron chi connectivity index (χ4n) is 5.47. The second kappa shape index (κ2) is 7.98. The molecule has 7 heteroatoms. The maximum Gasteiger partial charge on any atom is 0.235 e. The summed E-state index contributed by atoms with van der Waals surface area (Å²) in [6, 6.07) is 8.79. The van der Waals surface area contributed by atoms with E-state index >= 15 is 0 Å². The lowest BCUT2D eigenvalue weighted by Gasteiger charge is -2.38. The predicted molar refractivity (Wildman–Crippen MR) is 124 cm³/mol. The number of allylic oxidation sites excluding steroid dienone is 1. The fraction of sp³-hybridized carbons (Fsp3) is 0.400. The lowest BCUT2D eigenvalue weighted by atomic mass is 9.86. The van der Waals surface area contributed by atoms with Crippen molar-refractivity contribution in [2.75, 3.05) is 25.2 Å². The van der Waals surface area contributed by atoms with E-state index in [1.165, 1.54) is 16.2 Å². The minimum Gasteiger partial charge on any atom is -0.385 e. The van der Waals surface area contributed by atoms with Crippen molar-refractivity contribution in [1.29, 1.82) is 0 Å². The highest BCUT2D eigenvalue weighted by Gasteiger charge is 2.64. The van der Waals surface area contributed by atoms with Gasteiger partial charge in [0.2, 0.25) is 11.8 Å². The van der Waals surface area contributed by atoms with Crippen LogP contribution in [0.25, 0.3) is 5.57 Å². The molecule has 3 aliphatic heterocycles. The van der Waals surface area contributed by atoms with Crippen LogP contribution < -0.4 is 4.90 Å². The summed E-state index contributed by atoms with van der Waals surface area (Å²) in [5, 5.41) is 1.87. The summed E-state index contributed by atoms with van der Waals surface area (Å²) in [5.74, 6) is -1.73. The number of nitrogens with zero attached hydrogens (tertiary/aromatic N) is 2. The number of anilines is 1. The number of thiophene rings is 1. The third kappa shape index (κ3) is 3.06. The van der Waals surface area contributed by atoms with Gasteiger partial charge in [-0.3, -0.25) is 19.3 Å². The average Bonchev–Trinajstić information content (AvgIpc) is 3.47. The molecular weight excluding hydrogens is 424 g/mol. The monoisotopic (exact) mass is 450 g/mol. The second-order valence-corrected chi connectivity index (χ2v) is 9.73. The molecule has 1 aromatic heterocycles. The van der Waals surface area contributed by atoms with Gasteiger partial charge < -0.3 is 9.64 Å². The molecule has 2 saturated heterocycles. The van der Waals surface area contributed by atoms with E-state index in [2.05, 4.69) is 12.1 Å². The van der Waals surface area contributed by atoms with Gasteiger partial charge in [0.25, 0.3) is 0 Å². The van der Waals surface area contributed by atoms with Crippen LogP contribution in [0, 0.1) is 18.8 Å². The molecule has 4 heterocycles. The second-order valence-electron chi connectivity index (χ2n) is 8.78. The van der Waals surface area contributed by atoms with E-state index in [0.29, 0.717) is 24.4 Å². The van der Waals surface area contributed by atoms with Gasteiger partial charge in [0.05, 0.1) is 22.8 Å². The third-order valence-electron chi connectivity index (χ3n) is 6.86. The molecule has 1 aromatic carbocycles. The number of imide groups is 1. The molecule has 0 radical (unpaired) electrons. The van der Waals surface area contributed by atoms with Crippen molar-refractivity contribution < 1.29 is 19.1 Å². The van der Waals surface area contributed by atoms with Gasteiger partial charge in [-0.25, -0.2) is 0 Å². The Labute approximate surface area is 191 Å². The number of aryl methyl sites for hydroxylation is 1. The zero-order valence-corrected chi connectivity index (χ0v) is 19.2. The molecule has 2 amide bonds. The number of methoxy groups -OCH3 is 1. The zero-order valence-electron chi connectivity index (χ0n) is 18.4. The molecule has 5 rings (SSSR count). The van der Waals surface area contributed by atoms with E-state index in [9.17, 15) is 14.4 Å². The van der Waals surface area contributed by atoms with Gasteiger partial charge in [-0.05, 0) is 49.4 Å². The lowest BCUT2D eigenvalue weighted by Crippen LogP contribution is -2.49.